The topological polar surface area (TPSA) is 95.2 Å². The lowest BCUT2D eigenvalue weighted by atomic mass is 10.2. The number of nitrogens with zero attached hydrogens (tertiary/aromatic N) is 1. The number of carbonyl (C=O) groups excluding carboxylic acids is 1. The standard InChI is InChI=1S/C19H22ClN3O4/c1-13-6-3-4-7-16(13)26-8-5-9-27-18-15(20)10-14(11-17(18)25-2)12-22-23-19(21)24/h3-4,6-7,10-12H,5,8-9H2,1-2H3,(H3,21,23,24). The number of methoxy groups -OCH3 is 1. The molecule has 0 heterocycles. The number of primary amides is 1. The number of urea groups is 1. The van der Waals surface area contributed by atoms with Crippen LogP contribution in [0.5, 0.6) is 17.2 Å². The quantitative estimate of drug-likeness (QED) is 0.388. The minimum Gasteiger partial charge on any atom is -0.493 e. The molecule has 0 aliphatic heterocycles. The van der Waals surface area contributed by atoms with Crippen LogP contribution in [0.1, 0.15) is 17.5 Å². The van der Waals surface area contributed by atoms with Gasteiger partial charge in [-0.1, -0.05) is 29.8 Å². The zero-order valence-corrected chi connectivity index (χ0v) is 16.0. The van der Waals surface area contributed by atoms with Crippen molar-refractivity contribution in [3.8, 4) is 17.2 Å². The van der Waals surface area contributed by atoms with Crippen molar-refractivity contribution in [2.24, 2.45) is 10.8 Å². The largest absolute Gasteiger partial charge is 0.493 e. The summed E-state index contributed by atoms with van der Waals surface area (Å²) in [6.07, 6.45) is 2.08. The normalized spacial score (nSPS) is 10.6. The molecule has 0 fully saturated rings. The molecular weight excluding hydrogens is 370 g/mol. The van der Waals surface area contributed by atoms with Crippen LogP contribution in [0.3, 0.4) is 0 Å². The van der Waals surface area contributed by atoms with Crippen molar-refractivity contribution in [1.82, 2.24) is 5.43 Å². The molecule has 0 saturated heterocycles. The predicted octanol–water partition coefficient (Wildman–Crippen LogP) is 3.51. The highest BCUT2D eigenvalue weighted by molar-refractivity contribution is 6.32. The first-order chi connectivity index (χ1) is 13.0. The Kier molecular flexibility index (Phi) is 7.76. The van der Waals surface area contributed by atoms with E-state index in [0.29, 0.717) is 41.7 Å². The predicted molar refractivity (Wildman–Crippen MR) is 105 cm³/mol. The van der Waals surface area contributed by atoms with Gasteiger partial charge in [0.25, 0.3) is 0 Å². The Morgan fingerprint density at radius 1 is 1.22 bits per heavy atom. The molecular formula is C19H22ClN3O4. The minimum absolute atomic E-state index is 0.370. The van der Waals surface area contributed by atoms with Gasteiger partial charge in [0.2, 0.25) is 0 Å². The van der Waals surface area contributed by atoms with E-state index in [2.05, 4.69) is 10.5 Å². The number of nitrogens with two attached hydrogens (primary N) is 1. The first kappa shape index (κ1) is 20.4. The Balaban J connectivity index is 1.90. The first-order valence-corrected chi connectivity index (χ1v) is 8.66. The fraction of sp³-hybridized carbons (Fsp3) is 0.263. The molecule has 2 aromatic carbocycles. The molecule has 27 heavy (non-hydrogen) atoms. The number of aryl methyl sites for hydroxylation is 1. The number of amides is 2. The molecule has 8 heteroatoms. The second-order valence-corrected chi connectivity index (χ2v) is 5.99. The van der Waals surface area contributed by atoms with Crippen LogP contribution in [0.15, 0.2) is 41.5 Å². The van der Waals surface area contributed by atoms with Gasteiger partial charge in [0.05, 0.1) is 31.6 Å². The van der Waals surface area contributed by atoms with E-state index >= 15 is 0 Å². The summed E-state index contributed by atoms with van der Waals surface area (Å²) in [5.74, 6) is 1.76. The van der Waals surface area contributed by atoms with Gasteiger partial charge in [-0.05, 0) is 36.2 Å². The highest BCUT2D eigenvalue weighted by Gasteiger charge is 2.11. The lowest BCUT2D eigenvalue weighted by molar-refractivity contribution is 0.240. The molecule has 0 atom stereocenters. The summed E-state index contributed by atoms with van der Waals surface area (Å²) in [6.45, 7) is 2.94. The van der Waals surface area contributed by atoms with E-state index in [1.54, 1.807) is 12.1 Å². The van der Waals surface area contributed by atoms with Crippen molar-refractivity contribution in [3.63, 3.8) is 0 Å². The maximum absolute atomic E-state index is 10.6. The molecule has 2 rings (SSSR count). The summed E-state index contributed by atoms with van der Waals surface area (Å²) < 4.78 is 16.8. The molecule has 0 aliphatic rings. The summed E-state index contributed by atoms with van der Waals surface area (Å²) in [5, 5.41) is 4.06. The SMILES string of the molecule is COc1cc(C=NNC(N)=O)cc(Cl)c1OCCCOc1ccccc1C. The van der Waals surface area contributed by atoms with Gasteiger partial charge in [-0.25, -0.2) is 10.2 Å². The van der Waals surface area contributed by atoms with Crippen LogP contribution in [0, 0.1) is 6.92 Å². The van der Waals surface area contributed by atoms with Crippen LogP contribution in [-0.2, 0) is 0 Å². The van der Waals surface area contributed by atoms with Gasteiger partial charge in [0.1, 0.15) is 5.75 Å². The van der Waals surface area contributed by atoms with Gasteiger partial charge >= 0.3 is 6.03 Å². The van der Waals surface area contributed by atoms with Crippen molar-refractivity contribution >= 4 is 23.8 Å². The molecule has 0 unspecified atom stereocenters. The second-order valence-electron chi connectivity index (χ2n) is 5.58. The number of benzene rings is 2. The van der Waals surface area contributed by atoms with Crippen molar-refractivity contribution in [1.29, 1.82) is 0 Å². The van der Waals surface area contributed by atoms with Gasteiger partial charge in [-0.15, -0.1) is 0 Å². The Morgan fingerprint density at radius 2 is 1.96 bits per heavy atom. The monoisotopic (exact) mass is 391 g/mol. The van der Waals surface area contributed by atoms with Crippen LogP contribution in [0.2, 0.25) is 5.02 Å². The maximum Gasteiger partial charge on any atom is 0.332 e. The summed E-state index contributed by atoms with van der Waals surface area (Å²) in [6, 6.07) is 10.4. The first-order valence-electron chi connectivity index (χ1n) is 8.28. The number of para-hydroxylation sites is 1. The fourth-order valence-electron chi connectivity index (χ4n) is 2.26. The van der Waals surface area contributed by atoms with E-state index in [4.69, 9.17) is 31.5 Å². The third-order valence-electron chi connectivity index (χ3n) is 3.53. The van der Waals surface area contributed by atoms with E-state index in [0.717, 1.165) is 11.3 Å². The molecule has 0 spiro atoms. The van der Waals surface area contributed by atoms with Crippen LogP contribution in [0.4, 0.5) is 4.79 Å². The van der Waals surface area contributed by atoms with E-state index < -0.39 is 6.03 Å². The summed E-state index contributed by atoms with van der Waals surface area (Å²) in [4.78, 5) is 10.6. The van der Waals surface area contributed by atoms with Gasteiger partial charge in [-0.3, -0.25) is 0 Å². The van der Waals surface area contributed by atoms with Gasteiger partial charge in [0.15, 0.2) is 11.5 Å². The van der Waals surface area contributed by atoms with E-state index in [1.165, 1.54) is 13.3 Å². The van der Waals surface area contributed by atoms with Crippen LogP contribution >= 0.6 is 11.6 Å². The van der Waals surface area contributed by atoms with Gasteiger partial charge < -0.3 is 19.9 Å². The molecule has 0 saturated carbocycles. The minimum atomic E-state index is -0.753. The van der Waals surface area contributed by atoms with Crippen molar-refractivity contribution in [2.45, 2.75) is 13.3 Å². The smallest absolute Gasteiger partial charge is 0.332 e. The zero-order valence-electron chi connectivity index (χ0n) is 15.2. The zero-order chi connectivity index (χ0) is 19.6. The summed E-state index contributed by atoms with van der Waals surface area (Å²) in [5.41, 5.74) is 8.77. The molecule has 0 aromatic heterocycles. The van der Waals surface area contributed by atoms with Crippen molar-refractivity contribution in [3.05, 3.63) is 52.5 Å². The Hall–Kier alpha value is -2.93. The number of nitrogens with one attached hydrogen (secondary N) is 1. The highest BCUT2D eigenvalue weighted by atomic mass is 35.5. The Morgan fingerprint density at radius 3 is 2.67 bits per heavy atom. The number of rotatable bonds is 9. The molecule has 2 aromatic rings. The third kappa shape index (κ3) is 6.38. The lowest BCUT2D eigenvalue weighted by Gasteiger charge is -2.14. The van der Waals surface area contributed by atoms with Crippen molar-refractivity contribution in [2.75, 3.05) is 20.3 Å². The summed E-state index contributed by atoms with van der Waals surface area (Å²) >= 11 is 6.27. The molecule has 3 N–H and O–H groups in total. The molecule has 2 amide bonds. The average Bonchev–Trinajstić information content (AvgIpc) is 2.63. The van der Waals surface area contributed by atoms with Crippen molar-refractivity contribution < 1.29 is 19.0 Å². The van der Waals surface area contributed by atoms with Gasteiger partial charge in [-0.2, -0.15) is 5.10 Å². The lowest BCUT2D eigenvalue weighted by Crippen LogP contribution is -2.24. The molecule has 0 bridgehead atoms. The number of halogens is 1. The van der Waals surface area contributed by atoms with E-state index in [9.17, 15) is 4.79 Å². The molecule has 7 nitrogen and oxygen atoms in total. The highest BCUT2D eigenvalue weighted by Crippen LogP contribution is 2.36. The second kappa shape index (κ2) is 10.3. The number of ether oxygens (including phenoxy) is 3. The average molecular weight is 392 g/mol. The molecule has 0 aliphatic carbocycles. The number of hydrogen-bond donors (Lipinski definition) is 2. The summed E-state index contributed by atoms with van der Waals surface area (Å²) in [7, 11) is 1.52. The molecule has 144 valence electrons. The number of carbonyl (C=O) groups is 1. The number of hydrazone groups is 1. The van der Waals surface area contributed by atoms with E-state index in [1.807, 2.05) is 31.2 Å². The third-order valence-corrected chi connectivity index (χ3v) is 3.81. The Bertz CT molecular complexity index is 812. The maximum atomic E-state index is 10.6. The van der Waals surface area contributed by atoms with Crippen LogP contribution < -0.4 is 25.4 Å². The van der Waals surface area contributed by atoms with Gasteiger partial charge in [0, 0.05) is 6.42 Å². The molecule has 0 radical (unpaired) electrons. The van der Waals surface area contributed by atoms with E-state index in [-0.39, 0.29) is 0 Å². The van der Waals surface area contributed by atoms with Crippen LogP contribution in [-0.4, -0.2) is 32.6 Å². The Labute approximate surface area is 163 Å². The van der Waals surface area contributed by atoms with Crippen LogP contribution in [0.25, 0.3) is 0 Å². The number of hydrogen-bond acceptors (Lipinski definition) is 5. The fourth-order valence-corrected chi connectivity index (χ4v) is 2.53.